The molecule has 0 aromatic heterocycles. The van der Waals surface area contributed by atoms with E-state index in [1.807, 2.05) is 0 Å². The highest BCUT2D eigenvalue weighted by Gasteiger charge is 2.20. The van der Waals surface area contributed by atoms with Crippen LogP contribution >= 0.6 is 0 Å². The van der Waals surface area contributed by atoms with Crippen LogP contribution in [0.15, 0.2) is 0 Å². The molecule has 1 aliphatic rings. The van der Waals surface area contributed by atoms with Crippen molar-refractivity contribution in [1.82, 2.24) is 0 Å². The van der Waals surface area contributed by atoms with Crippen molar-refractivity contribution in [2.24, 2.45) is 5.92 Å². The zero-order chi connectivity index (χ0) is 7.40. The molecule has 1 heterocycles. The van der Waals surface area contributed by atoms with Crippen molar-refractivity contribution in [2.75, 3.05) is 6.61 Å². The third kappa shape index (κ3) is 1.98. The van der Waals surface area contributed by atoms with E-state index in [1.54, 1.807) is 0 Å². The van der Waals surface area contributed by atoms with Crippen molar-refractivity contribution < 1.29 is 4.74 Å². The topological polar surface area (TPSA) is 9.23 Å². The lowest BCUT2D eigenvalue weighted by Crippen LogP contribution is -2.27. The number of rotatable bonds is 2. The van der Waals surface area contributed by atoms with Crippen LogP contribution in [0.5, 0.6) is 0 Å². The Morgan fingerprint density at radius 1 is 1.50 bits per heavy atom. The molecule has 0 saturated carbocycles. The van der Waals surface area contributed by atoms with E-state index >= 15 is 0 Å². The van der Waals surface area contributed by atoms with Gasteiger partial charge in [-0.25, -0.2) is 0 Å². The van der Waals surface area contributed by atoms with E-state index in [0.717, 1.165) is 12.5 Å². The van der Waals surface area contributed by atoms with E-state index < -0.39 is 0 Å². The quantitative estimate of drug-likeness (QED) is 0.576. The summed E-state index contributed by atoms with van der Waals surface area (Å²) in [5, 5.41) is 0. The zero-order valence-corrected chi connectivity index (χ0v) is 7.10. The van der Waals surface area contributed by atoms with E-state index in [2.05, 4.69) is 13.8 Å². The predicted octanol–water partition coefficient (Wildman–Crippen LogP) is 2.60. The lowest BCUT2D eigenvalue weighted by molar-refractivity contribution is -0.0248. The Balaban J connectivity index is 2.25. The van der Waals surface area contributed by atoms with Gasteiger partial charge in [0.05, 0.1) is 6.10 Å². The van der Waals surface area contributed by atoms with Crippen molar-refractivity contribution in [3.63, 3.8) is 0 Å². The molecule has 0 spiro atoms. The minimum absolute atomic E-state index is 0.568. The summed E-state index contributed by atoms with van der Waals surface area (Å²) in [6, 6.07) is 0. The second kappa shape index (κ2) is 3.97. The van der Waals surface area contributed by atoms with Crippen LogP contribution in [0.3, 0.4) is 0 Å². The van der Waals surface area contributed by atoms with Gasteiger partial charge in [0.15, 0.2) is 0 Å². The Labute approximate surface area is 63.8 Å². The lowest BCUT2D eigenvalue weighted by atomic mass is 9.94. The van der Waals surface area contributed by atoms with Crippen LogP contribution in [0.2, 0.25) is 0 Å². The van der Waals surface area contributed by atoms with Crippen molar-refractivity contribution >= 4 is 0 Å². The van der Waals surface area contributed by atoms with Gasteiger partial charge in [0, 0.05) is 6.61 Å². The highest BCUT2D eigenvalue weighted by atomic mass is 16.5. The van der Waals surface area contributed by atoms with E-state index in [4.69, 9.17) is 4.74 Å². The van der Waals surface area contributed by atoms with Gasteiger partial charge in [-0.3, -0.25) is 0 Å². The SMILES string of the molecule is CCCC1OCCCC1C. The predicted molar refractivity (Wildman–Crippen MR) is 43.0 cm³/mol. The van der Waals surface area contributed by atoms with E-state index in [9.17, 15) is 0 Å². The van der Waals surface area contributed by atoms with Crippen LogP contribution in [0.4, 0.5) is 0 Å². The highest BCUT2D eigenvalue weighted by molar-refractivity contribution is 4.69. The molecule has 0 amide bonds. The monoisotopic (exact) mass is 142 g/mol. The molecule has 1 heteroatoms. The van der Waals surface area contributed by atoms with Gasteiger partial charge < -0.3 is 4.74 Å². The van der Waals surface area contributed by atoms with Crippen LogP contribution in [0, 0.1) is 5.92 Å². The fourth-order valence-corrected chi connectivity index (χ4v) is 1.64. The molecule has 0 bridgehead atoms. The number of hydrogen-bond donors (Lipinski definition) is 0. The number of ether oxygens (including phenoxy) is 1. The first kappa shape index (κ1) is 8.06. The molecule has 0 aromatic carbocycles. The Kier molecular flexibility index (Phi) is 3.20. The zero-order valence-electron chi connectivity index (χ0n) is 7.10. The Hall–Kier alpha value is -0.0400. The molecule has 2 unspecified atom stereocenters. The second-order valence-electron chi connectivity index (χ2n) is 3.32. The lowest BCUT2D eigenvalue weighted by Gasteiger charge is -2.28. The van der Waals surface area contributed by atoms with Crippen molar-refractivity contribution in [3.05, 3.63) is 0 Å². The first-order valence-electron chi connectivity index (χ1n) is 4.46. The maximum absolute atomic E-state index is 5.63. The average molecular weight is 142 g/mol. The van der Waals surface area contributed by atoms with Gasteiger partial charge >= 0.3 is 0 Å². The third-order valence-electron chi connectivity index (χ3n) is 2.34. The summed E-state index contributed by atoms with van der Waals surface area (Å²) in [7, 11) is 0. The molecule has 0 N–H and O–H groups in total. The average Bonchev–Trinajstić information content (AvgIpc) is 1.94. The van der Waals surface area contributed by atoms with Crippen molar-refractivity contribution in [3.8, 4) is 0 Å². The molecule has 1 fully saturated rings. The maximum Gasteiger partial charge on any atom is 0.0600 e. The van der Waals surface area contributed by atoms with Crippen LogP contribution < -0.4 is 0 Å². The smallest absolute Gasteiger partial charge is 0.0600 e. The molecule has 10 heavy (non-hydrogen) atoms. The molecule has 1 nitrogen and oxygen atoms in total. The number of hydrogen-bond acceptors (Lipinski definition) is 1. The van der Waals surface area contributed by atoms with E-state index in [0.29, 0.717) is 6.10 Å². The Bertz CT molecular complexity index is 88.7. The molecule has 0 aliphatic carbocycles. The Morgan fingerprint density at radius 3 is 2.90 bits per heavy atom. The third-order valence-corrected chi connectivity index (χ3v) is 2.34. The molecule has 0 radical (unpaired) electrons. The van der Waals surface area contributed by atoms with Gasteiger partial charge in [0.25, 0.3) is 0 Å². The molecule has 60 valence electrons. The molecule has 2 atom stereocenters. The molecular formula is C9H18O. The molecular weight excluding hydrogens is 124 g/mol. The molecule has 1 saturated heterocycles. The minimum atomic E-state index is 0.568. The fourth-order valence-electron chi connectivity index (χ4n) is 1.64. The standard InChI is InChI=1S/C9H18O/c1-3-5-9-8(2)6-4-7-10-9/h8-9H,3-7H2,1-2H3. The minimum Gasteiger partial charge on any atom is -0.378 e. The highest BCUT2D eigenvalue weighted by Crippen LogP contribution is 2.22. The summed E-state index contributed by atoms with van der Waals surface area (Å²) in [5.74, 6) is 0.800. The Morgan fingerprint density at radius 2 is 2.30 bits per heavy atom. The van der Waals surface area contributed by atoms with E-state index in [-0.39, 0.29) is 0 Å². The van der Waals surface area contributed by atoms with Crippen molar-refractivity contribution in [1.29, 1.82) is 0 Å². The fraction of sp³-hybridized carbons (Fsp3) is 1.00. The second-order valence-corrected chi connectivity index (χ2v) is 3.32. The van der Waals surface area contributed by atoms with Crippen LogP contribution in [0.1, 0.15) is 39.5 Å². The van der Waals surface area contributed by atoms with Gasteiger partial charge in [-0.15, -0.1) is 0 Å². The summed E-state index contributed by atoms with van der Waals surface area (Å²) in [5.41, 5.74) is 0. The first-order valence-corrected chi connectivity index (χ1v) is 4.46. The van der Waals surface area contributed by atoms with Crippen LogP contribution in [-0.4, -0.2) is 12.7 Å². The van der Waals surface area contributed by atoms with Crippen molar-refractivity contribution in [2.45, 2.75) is 45.6 Å². The summed E-state index contributed by atoms with van der Waals surface area (Å²) in [6.07, 6.45) is 5.71. The van der Waals surface area contributed by atoms with Gasteiger partial charge in [-0.1, -0.05) is 20.3 Å². The van der Waals surface area contributed by atoms with Gasteiger partial charge in [0.1, 0.15) is 0 Å². The molecule has 0 aromatic rings. The van der Waals surface area contributed by atoms with Gasteiger partial charge in [0.2, 0.25) is 0 Å². The van der Waals surface area contributed by atoms with Crippen LogP contribution in [-0.2, 0) is 4.74 Å². The van der Waals surface area contributed by atoms with E-state index in [1.165, 1.54) is 25.7 Å². The summed E-state index contributed by atoms with van der Waals surface area (Å²) in [6.45, 7) is 5.53. The summed E-state index contributed by atoms with van der Waals surface area (Å²) < 4.78 is 5.63. The maximum atomic E-state index is 5.63. The summed E-state index contributed by atoms with van der Waals surface area (Å²) >= 11 is 0. The molecule has 1 rings (SSSR count). The van der Waals surface area contributed by atoms with Crippen LogP contribution in [0.25, 0.3) is 0 Å². The largest absolute Gasteiger partial charge is 0.378 e. The van der Waals surface area contributed by atoms with Gasteiger partial charge in [-0.05, 0) is 25.2 Å². The van der Waals surface area contributed by atoms with Gasteiger partial charge in [-0.2, -0.15) is 0 Å². The summed E-state index contributed by atoms with van der Waals surface area (Å²) in [4.78, 5) is 0. The molecule has 1 aliphatic heterocycles. The first-order chi connectivity index (χ1) is 4.84. The normalized spacial score (nSPS) is 34.2.